The van der Waals surface area contributed by atoms with Crippen molar-refractivity contribution in [2.75, 3.05) is 0 Å². The monoisotopic (exact) mass is 239 g/mol. The van der Waals surface area contributed by atoms with Crippen molar-refractivity contribution >= 4 is 0 Å². The molecule has 0 unspecified atom stereocenters. The molecule has 0 radical (unpaired) electrons. The maximum Gasteiger partial charge on any atom is 0.145 e. The maximum atomic E-state index is 9.66. The Kier molecular flexibility index (Phi) is 3.61. The molecule has 90 valence electrons. The first-order chi connectivity index (χ1) is 8.72. The van der Waals surface area contributed by atoms with Crippen molar-refractivity contribution in [3.05, 3.63) is 59.7 Å². The minimum Gasteiger partial charge on any atom is -0.456 e. The molecule has 1 N–H and O–H groups in total. The lowest BCUT2D eigenvalue weighted by molar-refractivity contribution is 0.195. The van der Waals surface area contributed by atoms with E-state index in [2.05, 4.69) is 6.07 Å². The van der Waals surface area contributed by atoms with Gasteiger partial charge in [-0.3, -0.25) is 0 Å². The average Bonchev–Trinajstić information content (AvgIpc) is 2.40. The quantitative estimate of drug-likeness (QED) is 0.893. The highest BCUT2D eigenvalue weighted by Crippen LogP contribution is 2.30. The highest BCUT2D eigenvalue weighted by Gasteiger charge is 2.10. The van der Waals surface area contributed by atoms with Crippen LogP contribution in [0.2, 0.25) is 0 Å². The normalized spacial score (nSPS) is 11.6. The molecule has 0 aliphatic carbocycles. The van der Waals surface area contributed by atoms with Crippen LogP contribution in [-0.2, 0) is 0 Å². The predicted octanol–water partition coefficient (Wildman–Crippen LogP) is 3.40. The molecule has 0 fully saturated rings. The summed E-state index contributed by atoms with van der Waals surface area (Å²) in [4.78, 5) is 0. The van der Waals surface area contributed by atoms with E-state index >= 15 is 0 Å². The van der Waals surface area contributed by atoms with Gasteiger partial charge in [0, 0.05) is 5.56 Å². The number of rotatable bonds is 3. The zero-order chi connectivity index (χ0) is 13.0. The van der Waals surface area contributed by atoms with Crippen LogP contribution in [-0.4, -0.2) is 5.11 Å². The molecule has 1 atom stereocenters. The average molecular weight is 239 g/mol. The summed E-state index contributed by atoms with van der Waals surface area (Å²) in [5.74, 6) is 1.06. The van der Waals surface area contributed by atoms with E-state index in [4.69, 9.17) is 10.00 Å². The number of nitriles is 1. The molecule has 0 aliphatic rings. The molecule has 0 heterocycles. The summed E-state index contributed by atoms with van der Waals surface area (Å²) in [6.45, 7) is 1.68. The highest BCUT2D eigenvalue weighted by molar-refractivity contribution is 5.46. The van der Waals surface area contributed by atoms with Crippen LogP contribution in [0, 0.1) is 11.3 Å². The van der Waals surface area contributed by atoms with Crippen LogP contribution >= 0.6 is 0 Å². The van der Waals surface area contributed by atoms with E-state index in [1.807, 2.05) is 12.1 Å². The molecule has 2 aromatic rings. The highest BCUT2D eigenvalue weighted by atomic mass is 16.5. The molecule has 3 nitrogen and oxygen atoms in total. The third kappa shape index (κ3) is 2.50. The zero-order valence-corrected chi connectivity index (χ0v) is 10.00. The van der Waals surface area contributed by atoms with Gasteiger partial charge in [0.15, 0.2) is 0 Å². The molecule has 0 bridgehead atoms. The van der Waals surface area contributed by atoms with Gasteiger partial charge in [-0.05, 0) is 25.1 Å². The summed E-state index contributed by atoms with van der Waals surface area (Å²) < 4.78 is 5.71. The molecule has 0 saturated heterocycles. The van der Waals surface area contributed by atoms with Crippen LogP contribution in [0.25, 0.3) is 0 Å². The first-order valence-corrected chi connectivity index (χ1v) is 5.66. The molecule has 2 rings (SSSR count). The van der Waals surface area contributed by atoms with Crippen molar-refractivity contribution < 1.29 is 9.84 Å². The number of aliphatic hydroxyl groups excluding tert-OH is 1. The SMILES string of the molecule is C[C@@H](O)c1ccccc1Oc1ccccc1C#N. The summed E-state index contributed by atoms with van der Waals surface area (Å²) >= 11 is 0. The second kappa shape index (κ2) is 5.35. The number of ether oxygens (including phenoxy) is 1. The van der Waals surface area contributed by atoms with Crippen molar-refractivity contribution in [2.45, 2.75) is 13.0 Å². The lowest BCUT2D eigenvalue weighted by atomic mass is 10.1. The summed E-state index contributed by atoms with van der Waals surface area (Å²) in [6.07, 6.45) is -0.615. The lowest BCUT2D eigenvalue weighted by Crippen LogP contribution is -1.96. The Morgan fingerprint density at radius 2 is 1.67 bits per heavy atom. The fraction of sp³-hybridized carbons (Fsp3) is 0.133. The first kappa shape index (κ1) is 12.2. The van der Waals surface area contributed by atoms with Gasteiger partial charge in [0.1, 0.15) is 17.6 Å². The van der Waals surface area contributed by atoms with Crippen LogP contribution in [0.15, 0.2) is 48.5 Å². The Morgan fingerprint density at radius 3 is 2.33 bits per heavy atom. The van der Waals surface area contributed by atoms with Crippen molar-refractivity contribution in [2.24, 2.45) is 0 Å². The number of hydrogen-bond acceptors (Lipinski definition) is 3. The number of benzene rings is 2. The Labute approximate surface area is 106 Å². The van der Waals surface area contributed by atoms with Crippen molar-refractivity contribution in [3.8, 4) is 17.6 Å². The van der Waals surface area contributed by atoms with Gasteiger partial charge >= 0.3 is 0 Å². The molecule has 0 aliphatic heterocycles. The second-order valence-electron chi connectivity index (χ2n) is 3.92. The summed E-state index contributed by atoms with van der Waals surface area (Å²) in [7, 11) is 0. The number of aliphatic hydroxyl groups is 1. The van der Waals surface area contributed by atoms with E-state index in [1.54, 1.807) is 43.3 Å². The molecular formula is C15H13NO2. The first-order valence-electron chi connectivity index (χ1n) is 5.66. The fourth-order valence-electron chi connectivity index (χ4n) is 1.69. The fourth-order valence-corrected chi connectivity index (χ4v) is 1.69. The van der Waals surface area contributed by atoms with E-state index in [0.29, 0.717) is 22.6 Å². The molecule has 2 aromatic carbocycles. The van der Waals surface area contributed by atoms with Crippen LogP contribution < -0.4 is 4.74 Å². The molecule has 0 amide bonds. The van der Waals surface area contributed by atoms with Crippen LogP contribution in [0.5, 0.6) is 11.5 Å². The van der Waals surface area contributed by atoms with Gasteiger partial charge in [0.2, 0.25) is 0 Å². The summed E-state index contributed by atoms with van der Waals surface area (Å²) in [6, 6.07) is 16.3. The molecule has 18 heavy (non-hydrogen) atoms. The van der Waals surface area contributed by atoms with Crippen LogP contribution in [0.1, 0.15) is 24.2 Å². The van der Waals surface area contributed by atoms with E-state index in [9.17, 15) is 5.11 Å². The number of nitrogens with zero attached hydrogens (tertiary/aromatic N) is 1. The maximum absolute atomic E-state index is 9.66. The van der Waals surface area contributed by atoms with Crippen molar-refractivity contribution in [3.63, 3.8) is 0 Å². The van der Waals surface area contributed by atoms with Gasteiger partial charge in [0.25, 0.3) is 0 Å². The van der Waals surface area contributed by atoms with Gasteiger partial charge in [0.05, 0.1) is 11.7 Å². The van der Waals surface area contributed by atoms with Crippen molar-refractivity contribution in [1.82, 2.24) is 0 Å². The Morgan fingerprint density at radius 1 is 1.06 bits per heavy atom. The minimum absolute atomic E-state index is 0.470. The topological polar surface area (TPSA) is 53.2 Å². The standard InChI is InChI=1S/C15H13NO2/c1-11(17)13-7-3-5-9-15(13)18-14-8-4-2-6-12(14)10-16/h2-9,11,17H,1H3/t11-/m1/s1. The van der Waals surface area contributed by atoms with Gasteiger partial charge in [-0.1, -0.05) is 30.3 Å². The van der Waals surface area contributed by atoms with Crippen LogP contribution in [0.4, 0.5) is 0 Å². The largest absolute Gasteiger partial charge is 0.456 e. The third-order valence-electron chi connectivity index (χ3n) is 2.60. The smallest absolute Gasteiger partial charge is 0.145 e. The van der Waals surface area contributed by atoms with Crippen LogP contribution in [0.3, 0.4) is 0 Å². The predicted molar refractivity (Wildman–Crippen MR) is 68.3 cm³/mol. The van der Waals surface area contributed by atoms with Gasteiger partial charge in [-0.15, -0.1) is 0 Å². The number of para-hydroxylation sites is 2. The van der Waals surface area contributed by atoms with E-state index in [0.717, 1.165) is 0 Å². The molecular weight excluding hydrogens is 226 g/mol. The number of hydrogen-bond donors (Lipinski definition) is 1. The molecule has 0 aromatic heterocycles. The Balaban J connectivity index is 2.38. The van der Waals surface area contributed by atoms with E-state index in [-0.39, 0.29) is 0 Å². The van der Waals surface area contributed by atoms with Crippen molar-refractivity contribution in [1.29, 1.82) is 5.26 Å². The van der Waals surface area contributed by atoms with E-state index < -0.39 is 6.10 Å². The summed E-state index contributed by atoms with van der Waals surface area (Å²) in [5.41, 5.74) is 1.17. The van der Waals surface area contributed by atoms with Gasteiger partial charge < -0.3 is 9.84 Å². The third-order valence-corrected chi connectivity index (χ3v) is 2.60. The van der Waals surface area contributed by atoms with Gasteiger partial charge in [-0.2, -0.15) is 5.26 Å². The Bertz CT molecular complexity index is 585. The summed E-state index contributed by atoms with van der Waals surface area (Å²) in [5, 5.41) is 18.7. The molecule has 0 spiro atoms. The Hall–Kier alpha value is -2.31. The molecule has 0 saturated carbocycles. The minimum atomic E-state index is -0.615. The lowest BCUT2D eigenvalue weighted by Gasteiger charge is -2.13. The molecule has 3 heteroatoms. The van der Waals surface area contributed by atoms with Gasteiger partial charge in [-0.25, -0.2) is 0 Å². The second-order valence-corrected chi connectivity index (χ2v) is 3.92. The van der Waals surface area contributed by atoms with E-state index in [1.165, 1.54) is 0 Å². The zero-order valence-electron chi connectivity index (χ0n) is 10.00.